The predicted molar refractivity (Wildman–Crippen MR) is 120 cm³/mol. The second-order valence-corrected chi connectivity index (χ2v) is 6.99. The minimum Gasteiger partial charge on any atom is -0.345 e. The van der Waals surface area contributed by atoms with Crippen LogP contribution in [0.3, 0.4) is 0 Å². The molecular weight excluding hydrogens is 370 g/mol. The van der Waals surface area contributed by atoms with Crippen molar-refractivity contribution in [2.24, 2.45) is 0 Å². The Kier molecular flexibility index (Phi) is 5.81. The SMILES string of the molecule is O=C(CNC(=O)c1ccc(-c2ccccc2)cc1)c1ccc(-c2ccccc2)cc1. The van der Waals surface area contributed by atoms with E-state index in [0.717, 1.165) is 22.3 Å². The minimum absolute atomic E-state index is 0.0377. The average molecular weight is 391 g/mol. The highest BCUT2D eigenvalue weighted by molar-refractivity contribution is 6.02. The molecule has 0 radical (unpaired) electrons. The van der Waals surface area contributed by atoms with Crippen molar-refractivity contribution in [1.82, 2.24) is 5.32 Å². The molecule has 4 rings (SSSR count). The van der Waals surface area contributed by atoms with Crippen LogP contribution in [0.1, 0.15) is 20.7 Å². The van der Waals surface area contributed by atoms with Crippen LogP contribution in [-0.4, -0.2) is 18.2 Å². The molecule has 0 aliphatic carbocycles. The van der Waals surface area contributed by atoms with Crippen molar-refractivity contribution < 1.29 is 9.59 Å². The predicted octanol–water partition coefficient (Wildman–Crippen LogP) is 5.63. The third-order valence-electron chi connectivity index (χ3n) is 4.98. The van der Waals surface area contributed by atoms with Crippen molar-refractivity contribution in [2.75, 3.05) is 6.54 Å². The van der Waals surface area contributed by atoms with E-state index in [2.05, 4.69) is 5.32 Å². The summed E-state index contributed by atoms with van der Waals surface area (Å²) in [6.45, 7) is -0.0377. The molecule has 0 unspecified atom stereocenters. The number of carbonyl (C=O) groups is 2. The summed E-state index contributed by atoms with van der Waals surface area (Å²) in [5.74, 6) is -0.382. The zero-order valence-corrected chi connectivity index (χ0v) is 16.4. The Morgan fingerprint density at radius 2 is 0.900 bits per heavy atom. The van der Waals surface area contributed by atoms with Crippen molar-refractivity contribution in [3.8, 4) is 22.3 Å². The summed E-state index contributed by atoms with van der Waals surface area (Å²) in [4.78, 5) is 24.9. The van der Waals surface area contributed by atoms with Gasteiger partial charge in [-0.1, -0.05) is 97.1 Å². The Morgan fingerprint density at radius 3 is 1.37 bits per heavy atom. The van der Waals surface area contributed by atoms with Crippen molar-refractivity contribution in [3.63, 3.8) is 0 Å². The number of rotatable bonds is 6. The normalized spacial score (nSPS) is 10.4. The molecule has 1 amide bonds. The molecule has 1 N–H and O–H groups in total. The van der Waals surface area contributed by atoms with Gasteiger partial charge in [-0.05, 0) is 34.4 Å². The standard InChI is InChI=1S/C27H21NO2/c29-26(24-15-11-22(12-16-24)20-7-3-1-4-8-20)19-28-27(30)25-17-13-23(14-18-25)21-9-5-2-6-10-21/h1-18H,19H2,(H,28,30). The number of hydrogen-bond acceptors (Lipinski definition) is 2. The Morgan fingerprint density at radius 1 is 0.500 bits per heavy atom. The highest BCUT2D eigenvalue weighted by atomic mass is 16.2. The Bertz CT molecular complexity index is 1040. The van der Waals surface area contributed by atoms with Crippen LogP contribution in [0.2, 0.25) is 0 Å². The molecule has 4 aromatic carbocycles. The van der Waals surface area contributed by atoms with E-state index in [1.807, 2.05) is 84.9 Å². The number of nitrogens with one attached hydrogen (secondary N) is 1. The zero-order chi connectivity index (χ0) is 20.8. The van der Waals surface area contributed by atoms with E-state index in [0.29, 0.717) is 11.1 Å². The third-order valence-corrected chi connectivity index (χ3v) is 4.98. The number of hydrogen-bond donors (Lipinski definition) is 1. The van der Waals surface area contributed by atoms with Gasteiger partial charge in [-0.25, -0.2) is 0 Å². The van der Waals surface area contributed by atoms with Crippen LogP contribution >= 0.6 is 0 Å². The van der Waals surface area contributed by atoms with Gasteiger partial charge in [-0.3, -0.25) is 9.59 Å². The molecule has 0 heterocycles. The Hall–Kier alpha value is -3.98. The van der Waals surface area contributed by atoms with Gasteiger partial charge in [-0.15, -0.1) is 0 Å². The van der Waals surface area contributed by atoms with E-state index in [4.69, 9.17) is 0 Å². The van der Waals surface area contributed by atoms with Crippen LogP contribution in [-0.2, 0) is 0 Å². The molecule has 146 valence electrons. The van der Waals surface area contributed by atoms with Gasteiger partial charge in [0.15, 0.2) is 5.78 Å². The smallest absolute Gasteiger partial charge is 0.251 e. The molecular formula is C27H21NO2. The molecule has 3 nitrogen and oxygen atoms in total. The summed E-state index contributed by atoms with van der Waals surface area (Å²) >= 11 is 0. The number of Topliss-reactive ketones (excluding diaryl/α,β-unsaturated/α-hetero) is 1. The Balaban J connectivity index is 1.36. The van der Waals surface area contributed by atoms with Crippen LogP contribution in [0, 0.1) is 0 Å². The molecule has 0 atom stereocenters. The maximum atomic E-state index is 12.5. The maximum absolute atomic E-state index is 12.5. The van der Waals surface area contributed by atoms with Crippen molar-refractivity contribution >= 4 is 11.7 Å². The first-order valence-electron chi connectivity index (χ1n) is 9.83. The van der Waals surface area contributed by atoms with E-state index < -0.39 is 0 Å². The number of ketones is 1. The summed E-state index contributed by atoms with van der Waals surface area (Å²) in [5.41, 5.74) is 5.40. The van der Waals surface area contributed by atoms with Crippen LogP contribution < -0.4 is 5.32 Å². The van der Waals surface area contributed by atoms with E-state index in [1.165, 1.54) is 0 Å². The zero-order valence-electron chi connectivity index (χ0n) is 16.4. The lowest BCUT2D eigenvalue weighted by atomic mass is 10.0. The first-order chi connectivity index (χ1) is 14.7. The molecule has 0 saturated carbocycles. The quantitative estimate of drug-likeness (QED) is 0.433. The van der Waals surface area contributed by atoms with Gasteiger partial charge < -0.3 is 5.32 Å². The van der Waals surface area contributed by atoms with Crippen molar-refractivity contribution in [1.29, 1.82) is 0 Å². The van der Waals surface area contributed by atoms with Crippen LogP contribution in [0.4, 0.5) is 0 Å². The fourth-order valence-corrected chi connectivity index (χ4v) is 3.29. The number of benzene rings is 4. The fourth-order valence-electron chi connectivity index (χ4n) is 3.29. The monoisotopic (exact) mass is 391 g/mol. The van der Waals surface area contributed by atoms with Gasteiger partial charge in [0.25, 0.3) is 5.91 Å². The molecule has 0 aliphatic heterocycles. The summed E-state index contributed by atoms with van der Waals surface area (Å²) in [5, 5.41) is 2.71. The molecule has 0 spiro atoms. The van der Waals surface area contributed by atoms with Crippen molar-refractivity contribution in [2.45, 2.75) is 0 Å². The molecule has 0 saturated heterocycles. The second kappa shape index (κ2) is 9.01. The van der Waals surface area contributed by atoms with Gasteiger partial charge in [0.2, 0.25) is 0 Å². The van der Waals surface area contributed by atoms with Crippen LogP contribution in [0.15, 0.2) is 109 Å². The van der Waals surface area contributed by atoms with Gasteiger partial charge in [0.1, 0.15) is 0 Å². The first kappa shape index (κ1) is 19.3. The molecule has 4 aromatic rings. The summed E-state index contributed by atoms with van der Waals surface area (Å²) in [6.07, 6.45) is 0. The topological polar surface area (TPSA) is 46.2 Å². The molecule has 0 fully saturated rings. The summed E-state index contributed by atoms with van der Waals surface area (Å²) in [6, 6.07) is 34.8. The summed E-state index contributed by atoms with van der Waals surface area (Å²) in [7, 11) is 0. The first-order valence-corrected chi connectivity index (χ1v) is 9.83. The lowest BCUT2D eigenvalue weighted by Gasteiger charge is -2.07. The molecule has 0 bridgehead atoms. The van der Waals surface area contributed by atoms with Crippen LogP contribution in [0.5, 0.6) is 0 Å². The summed E-state index contributed by atoms with van der Waals surface area (Å²) < 4.78 is 0. The van der Waals surface area contributed by atoms with E-state index in [9.17, 15) is 9.59 Å². The second-order valence-electron chi connectivity index (χ2n) is 6.99. The van der Waals surface area contributed by atoms with Gasteiger partial charge in [-0.2, -0.15) is 0 Å². The highest BCUT2D eigenvalue weighted by Crippen LogP contribution is 2.20. The third kappa shape index (κ3) is 4.53. The number of carbonyl (C=O) groups excluding carboxylic acids is 2. The van der Waals surface area contributed by atoms with Gasteiger partial charge in [0, 0.05) is 11.1 Å². The van der Waals surface area contributed by atoms with E-state index in [-0.39, 0.29) is 18.2 Å². The van der Waals surface area contributed by atoms with Crippen LogP contribution in [0.25, 0.3) is 22.3 Å². The molecule has 30 heavy (non-hydrogen) atoms. The molecule has 0 aromatic heterocycles. The van der Waals surface area contributed by atoms with Crippen molar-refractivity contribution in [3.05, 3.63) is 120 Å². The highest BCUT2D eigenvalue weighted by Gasteiger charge is 2.10. The lowest BCUT2D eigenvalue weighted by Crippen LogP contribution is -2.29. The van der Waals surface area contributed by atoms with E-state index >= 15 is 0 Å². The lowest BCUT2D eigenvalue weighted by molar-refractivity contribution is 0.0904. The average Bonchev–Trinajstić information content (AvgIpc) is 2.83. The maximum Gasteiger partial charge on any atom is 0.251 e. The minimum atomic E-state index is -0.260. The van der Waals surface area contributed by atoms with E-state index in [1.54, 1.807) is 24.3 Å². The number of amides is 1. The molecule has 0 aliphatic rings. The van der Waals surface area contributed by atoms with Gasteiger partial charge in [0.05, 0.1) is 6.54 Å². The van der Waals surface area contributed by atoms with Gasteiger partial charge >= 0.3 is 0 Å². The largest absolute Gasteiger partial charge is 0.345 e. The Labute approximate surface area is 176 Å². The molecule has 3 heteroatoms. The fraction of sp³-hybridized carbons (Fsp3) is 0.0370.